The van der Waals surface area contributed by atoms with Gasteiger partial charge in [-0.1, -0.05) is 24.6 Å². The standard InChI is InChI=1S/C13H16ClFO/c1-9-4-5-13(16,7-9)8-10-2-3-11(14)6-12(10)15/h2-3,6,9,16H,4-5,7-8H2,1H3. The molecule has 1 aromatic carbocycles. The van der Waals surface area contributed by atoms with Crippen molar-refractivity contribution in [1.29, 1.82) is 0 Å². The van der Waals surface area contributed by atoms with E-state index in [2.05, 4.69) is 6.92 Å². The third kappa shape index (κ3) is 2.55. The summed E-state index contributed by atoms with van der Waals surface area (Å²) >= 11 is 5.69. The fraction of sp³-hybridized carbons (Fsp3) is 0.538. The molecule has 16 heavy (non-hydrogen) atoms. The number of hydrogen-bond acceptors (Lipinski definition) is 1. The molecule has 88 valence electrons. The van der Waals surface area contributed by atoms with Gasteiger partial charge >= 0.3 is 0 Å². The van der Waals surface area contributed by atoms with Crippen LogP contribution in [0.2, 0.25) is 5.02 Å². The quantitative estimate of drug-likeness (QED) is 0.841. The summed E-state index contributed by atoms with van der Waals surface area (Å²) in [6.45, 7) is 2.12. The summed E-state index contributed by atoms with van der Waals surface area (Å²) in [6, 6.07) is 4.64. The van der Waals surface area contributed by atoms with Crippen LogP contribution in [0, 0.1) is 11.7 Å². The molecule has 2 unspecified atom stereocenters. The van der Waals surface area contributed by atoms with Crippen molar-refractivity contribution in [2.75, 3.05) is 0 Å². The minimum absolute atomic E-state index is 0.319. The fourth-order valence-electron chi connectivity index (χ4n) is 2.55. The summed E-state index contributed by atoms with van der Waals surface area (Å²) in [4.78, 5) is 0. The average molecular weight is 243 g/mol. The molecule has 1 saturated carbocycles. The van der Waals surface area contributed by atoms with Crippen LogP contribution in [0.4, 0.5) is 4.39 Å². The summed E-state index contributed by atoms with van der Waals surface area (Å²) in [5.41, 5.74) is -0.172. The molecule has 2 rings (SSSR count). The van der Waals surface area contributed by atoms with Gasteiger partial charge in [-0.05, 0) is 42.9 Å². The van der Waals surface area contributed by atoms with Crippen molar-refractivity contribution in [2.24, 2.45) is 5.92 Å². The molecule has 0 aliphatic heterocycles. The van der Waals surface area contributed by atoms with Gasteiger partial charge in [-0.15, -0.1) is 0 Å². The molecule has 1 aliphatic carbocycles. The highest BCUT2D eigenvalue weighted by Gasteiger charge is 2.35. The zero-order valence-electron chi connectivity index (χ0n) is 9.34. The highest BCUT2D eigenvalue weighted by Crippen LogP contribution is 2.37. The molecule has 0 spiro atoms. The molecule has 1 aromatic rings. The van der Waals surface area contributed by atoms with E-state index in [4.69, 9.17) is 11.6 Å². The van der Waals surface area contributed by atoms with Crippen molar-refractivity contribution in [3.05, 3.63) is 34.6 Å². The van der Waals surface area contributed by atoms with E-state index in [1.165, 1.54) is 6.07 Å². The smallest absolute Gasteiger partial charge is 0.127 e. The predicted octanol–water partition coefficient (Wildman–Crippen LogP) is 3.57. The zero-order chi connectivity index (χ0) is 11.8. The number of aliphatic hydroxyl groups is 1. The topological polar surface area (TPSA) is 20.2 Å². The first-order chi connectivity index (χ1) is 7.48. The summed E-state index contributed by atoms with van der Waals surface area (Å²) in [5.74, 6) is 0.209. The van der Waals surface area contributed by atoms with E-state index in [0.29, 0.717) is 22.9 Å². The van der Waals surface area contributed by atoms with E-state index >= 15 is 0 Å². The van der Waals surface area contributed by atoms with Crippen molar-refractivity contribution in [3.8, 4) is 0 Å². The molecule has 0 amide bonds. The van der Waals surface area contributed by atoms with Crippen molar-refractivity contribution >= 4 is 11.6 Å². The second-order valence-electron chi connectivity index (χ2n) is 4.98. The maximum atomic E-state index is 13.6. The first-order valence-electron chi connectivity index (χ1n) is 5.65. The van der Waals surface area contributed by atoms with Gasteiger partial charge in [0.25, 0.3) is 0 Å². The van der Waals surface area contributed by atoms with Crippen molar-refractivity contribution in [3.63, 3.8) is 0 Å². The molecule has 0 radical (unpaired) electrons. The van der Waals surface area contributed by atoms with Gasteiger partial charge in [0.2, 0.25) is 0 Å². The van der Waals surface area contributed by atoms with E-state index in [1.54, 1.807) is 12.1 Å². The van der Waals surface area contributed by atoms with Gasteiger partial charge in [0, 0.05) is 11.4 Å². The van der Waals surface area contributed by atoms with Crippen LogP contribution in [-0.4, -0.2) is 10.7 Å². The van der Waals surface area contributed by atoms with Gasteiger partial charge < -0.3 is 5.11 Å². The minimum Gasteiger partial charge on any atom is -0.390 e. The Hall–Kier alpha value is -0.600. The van der Waals surface area contributed by atoms with Gasteiger partial charge in [-0.2, -0.15) is 0 Å². The Bertz CT molecular complexity index is 394. The van der Waals surface area contributed by atoms with Crippen molar-refractivity contribution in [2.45, 2.75) is 38.2 Å². The van der Waals surface area contributed by atoms with E-state index in [1.807, 2.05) is 0 Å². The zero-order valence-corrected chi connectivity index (χ0v) is 10.1. The molecule has 0 bridgehead atoms. The highest BCUT2D eigenvalue weighted by atomic mass is 35.5. The van der Waals surface area contributed by atoms with Crippen LogP contribution in [0.15, 0.2) is 18.2 Å². The lowest BCUT2D eigenvalue weighted by Gasteiger charge is -2.22. The third-order valence-corrected chi connectivity index (χ3v) is 3.60. The van der Waals surface area contributed by atoms with Crippen molar-refractivity contribution < 1.29 is 9.50 Å². The number of rotatable bonds is 2. The Morgan fingerprint density at radius 2 is 2.31 bits per heavy atom. The molecule has 1 aliphatic rings. The Labute approximate surface area is 100 Å². The second kappa shape index (κ2) is 4.34. The number of halogens is 2. The fourth-order valence-corrected chi connectivity index (χ4v) is 2.71. The monoisotopic (exact) mass is 242 g/mol. The lowest BCUT2D eigenvalue weighted by molar-refractivity contribution is 0.0438. The second-order valence-corrected chi connectivity index (χ2v) is 5.42. The van der Waals surface area contributed by atoms with Crippen LogP contribution in [-0.2, 0) is 6.42 Å². The average Bonchev–Trinajstić information content (AvgIpc) is 2.52. The molecule has 1 nitrogen and oxygen atoms in total. The number of hydrogen-bond donors (Lipinski definition) is 1. The molecule has 0 aromatic heterocycles. The van der Waals surface area contributed by atoms with E-state index in [9.17, 15) is 9.50 Å². The molecule has 0 heterocycles. The van der Waals surface area contributed by atoms with Crippen LogP contribution in [0.5, 0.6) is 0 Å². The summed E-state index contributed by atoms with van der Waals surface area (Å²) in [5, 5.41) is 10.7. The van der Waals surface area contributed by atoms with E-state index < -0.39 is 5.60 Å². The molecular weight excluding hydrogens is 227 g/mol. The van der Waals surface area contributed by atoms with Gasteiger partial charge in [0.15, 0.2) is 0 Å². The molecule has 2 atom stereocenters. The van der Waals surface area contributed by atoms with Crippen LogP contribution in [0.1, 0.15) is 31.7 Å². The maximum Gasteiger partial charge on any atom is 0.127 e. The normalized spacial score (nSPS) is 29.6. The van der Waals surface area contributed by atoms with Crippen LogP contribution in [0.3, 0.4) is 0 Å². The van der Waals surface area contributed by atoms with Crippen LogP contribution in [0.25, 0.3) is 0 Å². The van der Waals surface area contributed by atoms with Gasteiger partial charge in [-0.25, -0.2) is 4.39 Å². The molecule has 1 fully saturated rings. The Morgan fingerprint density at radius 1 is 1.56 bits per heavy atom. The third-order valence-electron chi connectivity index (χ3n) is 3.37. The molecule has 1 N–H and O–H groups in total. The van der Waals surface area contributed by atoms with Gasteiger partial charge in [0.05, 0.1) is 5.60 Å². The summed E-state index contributed by atoms with van der Waals surface area (Å²) in [6.07, 6.45) is 2.93. The Balaban J connectivity index is 2.14. The first-order valence-corrected chi connectivity index (χ1v) is 6.03. The van der Waals surface area contributed by atoms with E-state index in [0.717, 1.165) is 19.3 Å². The minimum atomic E-state index is -0.728. The van der Waals surface area contributed by atoms with Gasteiger partial charge in [0.1, 0.15) is 5.82 Å². The molecule has 0 saturated heterocycles. The summed E-state index contributed by atoms with van der Waals surface area (Å²) < 4.78 is 13.6. The van der Waals surface area contributed by atoms with Gasteiger partial charge in [-0.3, -0.25) is 0 Å². The lowest BCUT2D eigenvalue weighted by Crippen LogP contribution is -2.28. The van der Waals surface area contributed by atoms with E-state index in [-0.39, 0.29) is 5.82 Å². The Kier molecular flexibility index (Phi) is 3.22. The molecular formula is C13H16ClFO. The molecule has 3 heteroatoms. The SMILES string of the molecule is CC1CCC(O)(Cc2ccc(Cl)cc2F)C1. The lowest BCUT2D eigenvalue weighted by atomic mass is 9.92. The highest BCUT2D eigenvalue weighted by molar-refractivity contribution is 6.30. The summed E-state index contributed by atoms with van der Waals surface area (Å²) in [7, 11) is 0. The van der Waals surface area contributed by atoms with Crippen molar-refractivity contribution in [1.82, 2.24) is 0 Å². The first kappa shape index (κ1) is 11.9. The largest absolute Gasteiger partial charge is 0.390 e. The predicted molar refractivity (Wildman–Crippen MR) is 63.1 cm³/mol. The van der Waals surface area contributed by atoms with Crippen LogP contribution >= 0.6 is 11.6 Å². The number of benzene rings is 1. The Morgan fingerprint density at radius 3 is 2.88 bits per heavy atom. The maximum absolute atomic E-state index is 13.6. The van der Waals surface area contributed by atoms with Crippen LogP contribution < -0.4 is 0 Å².